The van der Waals surface area contributed by atoms with E-state index >= 15 is 0 Å². The lowest BCUT2D eigenvalue weighted by atomic mass is 9.71. The van der Waals surface area contributed by atoms with Gasteiger partial charge in [0, 0.05) is 44.8 Å². The van der Waals surface area contributed by atoms with Crippen LogP contribution >= 0.6 is 0 Å². The quantitative estimate of drug-likeness (QED) is 0.833. The summed E-state index contributed by atoms with van der Waals surface area (Å²) in [6, 6.07) is 9.88. The van der Waals surface area contributed by atoms with Crippen LogP contribution in [0.4, 0.5) is 0 Å². The van der Waals surface area contributed by atoms with E-state index in [9.17, 15) is 9.59 Å². The number of hydrogen-bond acceptors (Lipinski definition) is 3. The first-order chi connectivity index (χ1) is 12.7. The van der Waals surface area contributed by atoms with Crippen molar-refractivity contribution in [3.63, 3.8) is 0 Å². The molecular formula is C21H28N2O3. The molecule has 4 rings (SSSR count). The van der Waals surface area contributed by atoms with Gasteiger partial charge in [-0.2, -0.15) is 0 Å². The Labute approximate surface area is 155 Å². The summed E-state index contributed by atoms with van der Waals surface area (Å²) in [5, 5.41) is 0. The number of nitrogens with zero attached hydrogens (tertiary/aromatic N) is 2. The van der Waals surface area contributed by atoms with Gasteiger partial charge in [-0.15, -0.1) is 0 Å². The highest BCUT2D eigenvalue weighted by molar-refractivity contribution is 5.84. The van der Waals surface area contributed by atoms with Crippen LogP contribution in [0.5, 0.6) is 0 Å². The highest BCUT2D eigenvalue weighted by atomic mass is 16.5. The Morgan fingerprint density at radius 2 is 1.73 bits per heavy atom. The lowest BCUT2D eigenvalue weighted by Gasteiger charge is -2.38. The number of carbonyl (C=O) groups excluding carboxylic acids is 2. The van der Waals surface area contributed by atoms with Gasteiger partial charge >= 0.3 is 0 Å². The number of carbonyl (C=O) groups is 2. The largest absolute Gasteiger partial charge is 0.381 e. The monoisotopic (exact) mass is 356 g/mol. The summed E-state index contributed by atoms with van der Waals surface area (Å²) >= 11 is 0. The molecule has 1 spiro atoms. The standard InChI is InChI=1S/C21H28N2O3/c24-19(14-17-6-2-1-3-7-17)23-15-18(20(25)22-10-4-5-11-22)21(16-23)8-12-26-13-9-21/h1-3,6-7,18H,4-5,8-16H2/t18-/m0/s1. The molecule has 3 heterocycles. The van der Waals surface area contributed by atoms with Crippen molar-refractivity contribution in [2.24, 2.45) is 11.3 Å². The lowest BCUT2D eigenvalue weighted by molar-refractivity contribution is -0.139. The Morgan fingerprint density at radius 3 is 2.42 bits per heavy atom. The van der Waals surface area contributed by atoms with Crippen LogP contribution in [0.1, 0.15) is 31.2 Å². The van der Waals surface area contributed by atoms with Crippen LogP contribution in [0.3, 0.4) is 0 Å². The van der Waals surface area contributed by atoms with Gasteiger partial charge in [0.25, 0.3) is 0 Å². The topological polar surface area (TPSA) is 49.9 Å². The highest BCUT2D eigenvalue weighted by Gasteiger charge is 2.52. The molecule has 3 fully saturated rings. The smallest absolute Gasteiger partial charge is 0.228 e. The van der Waals surface area contributed by atoms with Crippen molar-refractivity contribution in [3.8, 4) is 0 Å². The van der Waals surface area contributed by atoms with Crippen LogP contribution < -0.4 is 0 Å². The Balaban J connectivity index is 1.51. The molecular weight excluding hydrogens is 328 g/mol. The summed E-state index contributed by atoms with van der Waals surface area (Å²) < 4.78 is 5.57. The van der Waals surface area contributed by atoms with Crippen molar-refractivity contribution in [2.75, 3.05) is 39.4 Å². The van der Waals surface area contributed by atoms with Gasteiger partial charge in [0.1, 0.15) is 0 Å². The maximum atomic E-state index is 13.2. The predicted molar refractivity (Wildman–Crippen MR) is 98.5 cm³/mol. The summed E-state index contributed by atoms with van der Waals surface area (Å²) in [7, 11) is 0. The van der Waals surface area contributed by atoms with E-state index < -0.39 is 0 Å². The average molecular weight is 356 g/mol. The third-order valence-corrected chi connectivity index (χ3v) is 6.40. The molecule has 0 unspecified atom stereocenters. The van der Waals surface area contributed by atoms with Crippen molar-refractivity contribution in [1.82, 2.24) is 9.80 Å². The zero-order valence-electron chi connectivity index (χ0n) is 15.4. The summed E-state index contributed by atoms with van der Waals surface area (Å²) in [5.74, 6) is 0.336. The highest BCUT2D eigenvalue weighted by Crippen LogP contribution is 2.45. The van der Waals surface area contributed by atoms with Gasteiger partial charge in [-0.1, -0.05) is 30.3 Å². The van der Waals surface area contributed by atoms with Crippen LogP contribution in [0.2, 0.25) is 0 Å². The van der Waals surface area contributed by atoms with Crippen LogP contribution in [-0.2, 0) is 20.7 Å². The Kier molecular flexibility index (Phi) is 4.98. The van der Waals surface area contributed by atoms with Crippen LogP contribution in [0.25, 0.3) is 0 Å². The van der Waals surface area contributed by atoms with Crippen molar-refractivity contribution in [1.29, 1.82) is 0 Å². The molecule has 26 heavy (non-hydrogen) atoms. The molecule has 5 nitrogen and oxygen atoms in total. The second-order valence-corrected chi connectivity index (χ2v) is 8.00. The van der Waals surface area contributed by atoms with E-state index in [1.807, 2.05) is 40.1 Å². The van der Waals surface area contributed by atoms with Gasteiger partial charge in [-0.3, -0.25) is 9.59 Å². The van der Waals surface area contributed by atoms with E-state index in [2.05, 4.69) is 0 Å². The van der Waals surface area contributed by atoms with Gasteiger partial charge < -0.3 is 14.5 Å². The molecule has 2 amide bonds. The number of hydrogen-bond donors (Lipinski definition) is 0. The van der Waals surface area contributed by atoms with Crippen LogP contribution in [0, 0.1) is 11.3 Å². The fraction of sp³-hybridized carbons (Fsp3) is 0.619. The minimum absolute atomic E-state index is 0.0655. The molecule has 1 aromatic rings. The molecule has 0 radical (unpaired) electrons. The normalized spacial score (nSPS) is 25.0. The van der Waals surface area contributed by atoms with Crippen LogP contribution in [-0.4, -0.2) is 61.0 Å². The number of likely N-dealkylation sites (tertiary alicyclic amines) is 2. The first-order valence-corrected chi connectivity index (χ1v) is 9.86. The van der Waals surface area contributed by atoms with Gasteiger partial charge in [0.15, 0.2) is 0 Å². The maximum absolute atomic E-state index is 13.2. The zero-order chi connectivity index (χ0) is 18.0. The SMILES string of the molecule is O=C(Cc1ccccc1)N1C[C@@H](C(=O)N2CCCC2)C2(CCOCC2)C1. The fourth-order valence-electron chi connectivity index (χ4n) is 4.82. The number of benzene rings is 1. The first kappa shape index (κ1) is 17.5. The number of amides is 2. The Bertz CT molecular complexity index is 648. The lowest BCUT2D eigenvalue weighted by Crippen LogP contribution is -2.45. The minimum atomic E-state index is -0.0930. The molecule has 5 heteroatoms. The zero-order valence-corrected chi connectivity index (χ0v) is 15.4. The molecule has 1 atom stereocenters. The van der Waals surface area contributed by atoms with E-state index in [0.29, 0.717) is 32.7 Å². The maximum Gasteiger partial charge on any atom is 0.228 e. The Hall–Kier alpha value is -1.88. The third-order valence-electron chi connectivity index (χ3n) is 6.40. The molecule has 0 N–H and O–H groups in total. The number of rotatable bonds is 3. The molecule has 3 aliphatic heterocycles. The van der Waals surface area contributed by atoms with Gasteiger partial charge in [-0.25, -0.2) is 0 Å². The second-order valence-electron chi connectivity index (χ2n) is 8.00. The summed E-state index contributed by atoms with van der Waals surface area (Å²) in [6.07, 6.45) is 4.38. The number of ether oxygens (including phenoxy) is 1. The second kappa shape index (κ2) is 7.39. The van der Waals surface area contributed by atoms with Crippen molar-refractivity contribution >= 4 is 11.8 Å². The van der Waals surface area contributed by atoms with E-state index in [-0.39, 0.29) is 23.1 Å². The summed E-state index contributed by atoms with van der Waals surface area (Å²) in [4.78, 5) is 30.1. The van der Waals surface area contributed by atoms with Crippen molar-refractivity contribution in [3.05, 3.63) is 35.9 Å². The molecule has 3 saturated heterocycles. The molecule has 1 aromatic carbocycles. The summed E-state index contributed by atoms with van der Waals surface area (Å²) in [6.45, 7) is 4.42. The van der Waals surface area contributed by atoms with Gasteiger partial charge in [-0.05, 0) is 31.2 Å². The molecule has 0 bridgehead atoms. The van der Waals surface area contributed by atoms with Gasteiger partial charge in [0.2, 0.25) is 11.8 Å². The van der Waals surface area contributed by atoms with Crippen molar-refractivity contribution in [2.45, 2.75) is 32.1 Å². The van der Waals surface area contributed by atoms with E-state index in [1.165, 1.54) is 0 Å². The fourth-order valence-corrected chi connectivity index (χ4v) is 4.82. The predicted octanol–water partition coefficient (Wildman–Crippen LogP) is 2.11. The van der Waals surface area contributed by atoms with E-state index in [4.69, 9.17) is 4.74 Å². The van der Waals surface area contributed by atoms with Gasteiger partial charge in [0.05, 0.1) is 12.3 Å². The minimum Gasteiger partial charge on any atom is -0.381 e. The van der Waals surface area contributed by atoms with E-state index in [0.717, 1.165) is 44.3 Å². The molecule has 0 aromatic heterocycles. The molecule has 0 saturated carbocycles. The van der Waals surface area contributed by atoms with Crippen LogP contribution in [0.15, 0.2) is 30.3 Å². The molecule has 3 aliphatic rings. The Morgan fingerprint density at radius 1 is 1.04 bits per heavy atom. The van der Waals surface area contributed by atoms with E-state index in [1.54, 1.807) is 0 Å². The molecule has 140 valence electrons. The average Bonchev–Trinajstić information content (AvgIpc) is 3.32. The third kappa shape index (κ3) is 3.37. The first-order valence-electron chi connectivity index (χ1n) is 9.86. The summed E-state index contributed by atoms with van der Waals surface area (Å²) in [5.41, 5.74) is 0.942. The molecule has 0 aliphatic carbocycles. The van der Waals surface area contributed by atoms with Crippen molar-refractivity contribution < 1.29 is 14.3 Å².